The maximum Gasteiger partial charge on any atom is 0.434 e. The topological polar surface area (TPSA) is 59.4 Å². The van der Waals surface area contributed by atoms with E-state index in [1.807, 2.05) is 16.7 Å². The Morgan fingerprint density at radius 3 is 2.52 bits per heavy atom. The van der Waals surface area contributed by atoms with Crippen molar-refractivity contribution in [3.8, 4) is 17.5 Å². The SMILES string of the molecule is Cn1cc(C(F)(F)F)nc1-c1ccc(Cn2cc(C#N)c3cnc(Cl)cc32)cc1. The molecule has 0 saturated carbocycles. The number of benzene rings is 1. The molecule has 0 spiro atoms. The average molecular weight is 416 g/mol. The zero-order valence-electron chi connectivity index (χ0n) is 15.1. The number of hydrogen-bond acceptors (Lipinski definition) is 3. The van der Waals surface area contributed by atoms with E-state index in [2.05, 4.69) is 16.0 Å². The Hall–Kier alpha value is -3.31. The lowest BCUT2D eigenvalue weighted by Crippen LogP contribution is -2.04. The number of fused-ring (bicyclic) bond motifs is 1. The number of nitriles is 1. The molecule has 0 unspecified atom stereocenters. The predicted octanol–water partition coefficient (Wildman–Crippen LogP) is 5.03. The van der Waals surface area contributed by atoms with Gasteiger partial charge in [-0.1, -0.05) is 35.9 Å². The fraction of sp³-hybridized carbons (Fsp3) is 0.150. The van der Waals surface area contributed by atoms with Gasteiger partial charge >= 0.3 is 6.18 Å². The molecular weight excluding hydrogens is 403 g/mol. The Kier molecular flexibility index (Phi) is 4.55. The molecule has 29 heavy (non-hydrogen) atoms. The van der Waals surface area contributed by atoms with Crippen LogP contribution in [0.5, 0.6) is 0 Å². The van der Waals surface area contributed by atoms with Crippen LogP contribution >= 0.6 is 11.6 Å². The van der Waals surface area contributed by atoms with E-state index < -0.39 is 11.9 Å². The summed E-state index contributed by atoms with van der Waals surface area (Å²) < 4.78 is 41.9. The van der Waals surface area contributed by atoms with E-state index in [1.165, 1.54) is 11.6 Å². The first-order valence-corrected chi connectivity index (χ1v) is 8.88. The van der Waals surface area contributed by atoms with Crippen molar-refractivity contribution in [3.63, 3.8) is 0 Å². The summed E-state index contributed by atoms with van der Waals surface area (Å²) in [4.78, 5) is 7.73. The molecule has 0 atom stereocenters. The van der Waals surface area contributed by atoms with E-state index in [0.717, 1.165) is 17.3 Å². The highest BCUT2D eigenvalue weighted by Gasteiger charge is 2.34. The van der Waals surface area contributed by atoms with Gasteiger partial charge in [0.2, 0.25) is 0 Å². The molecule has 0 bridgehead atoms. The normalized spacial score (nSPS) is 11.7. The van der Waals surface area contributed by atoms with Crippen molar-refractivity contribution in [2.24, 2.45) is 7.05 Å². The van der Waals surface area contributed by atoms with Crippen molar-refractivity contribution in [1.29, 1.82) is 5.26 Å². The summed E-state index contributed by atoms with van der Waals surface area (Å²) in [7, 11) is 1.53. The third-order valence-electron chi connectivity index (χ3n) is 4.59. The molecule has 0 aliphatic rings. The Bertz CT molecular complexity index is 1250. The van der Waals surface area contributed by atoms with Crippen LogP contribution in [-0.4, -0.2) is 19.1 Å². The summed E-state index contributed by atoms with van der Waals surface area (Å²) in [6.45, 7) is 0.465. The number of pyridine rings is 1. The number of alkyl halides is 3. The van der Waals surface area contributed by atoms with Crippen LogP contribution < -0.4 is 0 Å². The second-order valence-electron chi connectivity index (χ2n) is 6.56. The summed E-state index contributed by atoms with van der Waals surface area (Å²) in [6.07, 6.45) is -0.226. The number of hydrogen-bond donors (Lipinski definition) is 0. The Morgan fingerprint density at radius 2 is 1.90 bits per heavy atom. The predicted molar refractivity (Wildman–Crippen MR) is 102 cm³/mol. The average Bonchev–Trinajstić information content (AvgIpc) is 3.23. The molecule has 146 valence electrons. The standard InChI is InChI=1S/C20H13ClF3N5/c1-28-11-17(20(22,23)24)27-19(28)13-4-2-12(3-5-13)9-29-10-14(7-25)15-8-26-18(21)6-16(15)29/h2-6,8,10-11H,9H2,1H3. The number of nitrogens with zero attached hydrogens (tertiary/aromatic N) is 5. The fourth-order valence-electron chi connectivity index (χ4n) is 3.21. The van der Waals surface area contributed by atoms with E-state index >= 15 is 0 Å². The zero-order valence-corrected chi connectivity index (χ0v) is 15.8. The van der Waals surface area contributed by atoms with Gasteiger partial charge in [0.1, 0.15) is 17.0 Å². The van der Waals surface area contributed by atoms with Gasteiger partial charge in [-0.2, -0.15) is 18.4 Å². The minimum Gasteiger partial charge on any atom is -0.342 e. The van der Waals surface area contributed by atoms with Crippen LogP contribution in [0.25, 0.3) is 22.3 Å². The van der Waals surface area contributed by atoms with Crippen LogP contribution in [0, 0.1) is 11.3 Å². The molecule has 3 aromatic heterocycles. The summed E-state index contributed by atoms with van der Waals surface area (Å²) in [5, 5.41) is 10.4. The van der Waals surface area contributed by atoms with Gasteiger partial charge in [-0.3, -0.25) is 0 Å². The quantitative estimate of drug-likeness (QED) is 0.441. The number of imidazole rings is 1. The number of aromatic nitrogens is 4. The highest BCUT2D eigenvalue weighted by molar-refractivity contribution is 6.30. The number of halogens is 4. The molecule has 4 aromatic rings. The minimum atomic E-state index is -4.49. The van der Waals surface area contributed by atoms with Crippen molar-refractivity contribution in [1.82, 2.24) is 19.1 Å². The van der Waals surface area contributed by atoms with Crippen LogP contribution in [0.3, 0.4) is 0 Å². The lowest BCUT2D eigenvalue weighted by Gasteiger charge is -2.07. The monoisotopic (exact) mass is 415 g/mol. The molecule has 0 radical (unpaired) electrons. The molecule has 0 saturated heterocycles. The number of rotatable bonds is 3. The summed E-state index contributed by atoms with van der Waals surface area (Å²) in [5.74, 6) is 0.236. The third kappa shape index (κ3) is 3.57. The maximum absolute atomic E-state index is 12.9. The van der Waals surface area contributed by atoms with Crippen molar-refractivity contribution in [2.75, 3.05) is 0 Å². The minimum absolute atomic E-state index is 0.236. The lowest BCUT2D eigenvalue weighted by molar-refractivity contribution is -0.140. The molecule has 0 aliphatic carbocycles. The molecule has 0 fully saturated rings. The van der Waals surface area contributed by atoms with E-state index in [0.29, 0.717) is 28.2 Å². The second kappa shape index (κ2) is 6.94. The summed E-state index contributed by atoms with van der Waals surface area (Å²) in [5.41, 5.74) is 1.84. The number of aryl methyl sites for hydroxylation is 1. The largest absolute Gasteiger partial charge is 0.434 e. The summed E-state index contributed by atoms with van der Waals surface area (Å²) in [6, 6.07) is 10.9. The first-order valence-electron chi connectivity index (χ1n) is 8.50. The van der Waals surface area contributed by atoms with Crippen LogP contribution in [0.15, 0.2) is 48.9 Å². The molecule has 0 amide bonds. The van der Waals surface area contributed by atoms with Crippen molar-refractivity contribution < 1.29 is 13.2 Å². The van der Waals surface area contributed by atoms with Crippen LogP contribution in [-0.2, 0) is 19.8 Å². The van der Waals surface area contributed by atoms with Crippen molar-refractivity contribution in [2.45, 2.75) is 12.7 Å². The van der Waals surface area contributed by atoms with E-state index in [4.69, 9.17) is 11.6 Å². The second-order valence-corrected chi connectivity index (χ2v) is 6.95. The molecule has 4 rings (SSSR count). The fourth-order valence-corrected chi connectivity index (χ4v) is 3.36. The lowest BCUT2D eigenvalue weighted by atomic mass is 10.1. The highest BCUT2D eigenvalue weighted by Crippen LogP contribution is 2.31. The highest BCUT2D eigenvalue weighted by atomic mass is 35.5. The Morgan fingerprint density at radius 1 is 1.17 bits per heavy atom. The van der Waals surface area contributed by atoms with Gasteiger partial charge in [0.05, 0.1) is 11.1 Å². The Balaban J connectivity index is 1.65. The first-order chi connectivity index (χ1) is 13.8. The van der Waals surface area contributed by atoms with E-state index in [1.54, 1.807) is 30.6 Å². The third-order valence-corrected chi connectivity index (χ3v) is 4.79. The van der Waals surface area contributed by atoms with Gasteiger partial charge in [-0.15, -0.1) is 0 Å². The maximum atomic E-state index is 12.9. The molecule has 9 heteroatoms. The van der Waals surface area contributed by atoms with Gasteiger partial charge in [0, 0.05) is 43.1 Å². The van der Waals surface area contributed by atoms with Crippen molar-refractivity contribution in [3.05, 3.63) is 70.9 Å². The van der Waals surface area contributed by atoms with Crippen LogP contribution in [0.1, 0.15) is 16.8 Å². The van der Waals surface area contributed by atoms with Crippen LogP contribution in [0.4, 0.5) is 13.2 Å². The molecular formula is C20H13ClF3N5. The molecule has 3 heterocycles. The molecule has 5 nitrogen and oxygen atoms in total. The van der Waals surface area contributed by atoms with Crippen molar-refractivity contribution >= 4 is 22.5 Å². The molecule has 1 aromatic carbocycles. The summed E-state index contributed by atoms with van der Waals surface area (Å²) >= 11 is 5.99. The van der Waals surface area contributed by atoms with Gasteiger partial charge in [0.15, 0.2) is 5.69 Å². The van der Waals surface area contributed by atoms with Gasteiger partial charge in [0.25, 0.3) is 0 Å². The molecule has 0 N–H and O–H groups in total. The zero-order chi connectivity index (χ0) is 20.8. The van der Waals surface area contributed by atoms with Crippen LogP contribution in [0.2, 0.25) is 5.15 Å². The smallest absolute Gasteiger partial charge is 0.342 e. The Labute approximate surface area is 168 Å². The van der Waals surface area contributed by atoms with E-state index in [-0.39, 0.29) is 5.82 Å². The first kappa shape index (κ1) is 19.0. The van der Waals surface area contributed by atoms with Gasteiger partial charge in [-0.25, -0.2) is 9.97 Å². The van der Waals surface area contributed by atoms with Gasteiger partial charge in [-0.05, 0) is 11.6 Å². The van der Waals surface area contributed by atoms with Gasteiger partial charge < -0.3 is 9.13 Å². The van der Waals surface area contributed by atoms with E-state index in [9.17, 15) is 18.4 Å². The molecule has 0 aliphatic heterocycles.